The Bertz CT molecular complexity index is 529. The SMILES string of the molecule is CC(C)CCC1CCCC1NC(=O)c1n[nH]c2c1CNCC2.Cl. The van der Waals surface area contributed by atoms with Crippen LogP contribution in [0.1, 0.15) is 67.7 Å². The number of H-pyrrole nitrogens is 1. The summed E-state index contributed by atoms with van der Waals surface area (Å²) in [5.41, 5.74) is 2.77. The highest BCUT2D eigenvalue weighted by Gasteiger charge is 2.30. The zero-order valence-electron chi connectivity index (χ0n) is 14.2. The number of carbonyl (C=O) groups excluding carboxylic acids is 1. The molecule has 1 aliphatic carbocycles. The number of amides is 1. The van der Waals surface area contributed by atoms with Gasteiger partial charge in [0.25, 0.3) is 5.91 Å². The third-order valence-electron chi connectivity index (χ3n) is 5.11. The van der Waals surface area contributed by atoms with Gasteiger partial charge in [-0.05, 0) is 31.1 Å². The molecule has 23 heavy (non-hydrogen) atoms. The topological polar surface area (TPSA) is 69.8 Å². The van der Waals surface area contributed by atoms with E-state index in [0.29, 0.717) is 17.7 Å². The molecular weight excluding hydrogens is 312 g/mol. The number of nitrogens with zero attached hydrogens (tertiary/aromatic N) is 1. The van der Waals surface area contributed by atoms with Crippen LogP contribution in [0.5, 0.6) is 0 Å². The summed E-state index contributed by atoms with van der Waals surface area (Å²) in [5, 5.41) is 13.9. The predicted octanol–water partition coefficient (Wildman–Crippen LogP) is 2.81. The molecule has 1 saturated carbocycles. The summed E-state index contributed by atoms with van der Waals surface area (Å²) in [4.78, 5) is 12.6. The van der Waals surface area contributed by atoms with Crippen LogP contribution in [0.25, 0.3) is 0 Å². The molecule has 1 fully saturated rings. The molecule has 1 aromatic heterocycles. The summed E-state index contributed by atoms with van der Waals surface area (Å²) in [5.74, 6) is 1.38. The predicted molar refractivity (Wildman–Crippen MR) is 93.9 cm³/mol. The third kappa shape index (κ3) is 4.27. The number of aromatic amines is 1. The highest BCUT2D eigenvalue weighted by atomic mass is 35.5. The van der Waals surface area contributed by atoms with Gasteiger partial charge >= 0.3 is 0 Å². The van der Waals surface area contributed by atoms with Gasteiger partial charge in [0, 0.05) is 36.8 Å². The maximum absolute atomic E-state index is 12.6. The summed E-state index contributed by atoms with van der Waals surface area (Å²) < 4.78 is 0. The molecule has 3 rings (SSSR count). The molecule has 1 amide bonds. The maximum atomic E-state index is 12.6. The van der Waals surface area contributed by atoms with E-state index in [1.807, 2.05) is 0 Å². The van der Waals surface area contributed by atoms with E-state index in [9.17, 15) is 4.79 Å². The van der Waals surface area contributed by atoms with Crippen LogP contribution in [0.2, 0.25) is 0 Å². The molecule has 2 atom stereocenters. The Kier molecular flexibility index (Phi) is 6.48. The van der Waals surface area contributed by atoms with Gasteiger partial charge in [-0.1, -0.05) is 26.7 Å². The van der Waals surface area contributed by atoms with E-state index in [2.05, 4.69) is 34.7 Å². The molecule has 2 unspecified atom stereocenters. The van der Waals surface area contributed by atoms with Gasteiger partial charge in [0.1, 0.15) is 0 Å². The average Bonchev–Trinajstić information content (AvgIpc) is 3.11. The second-order valence-corrected chi connectivity index (χ2v) is 7.20. The van der Waals surface area contributed by atoms with Gasteiger partial charge in [0.2, 0.25) is 0 Å². The zero-order valence-corrected chi connectivity index (χ0v) is 15.0. The van der Waals surface area contributed by atoms with Crippen LogP contribution in [0, 0.1) is 11.8 Å². The van der Waals surface area contributed by atoms with Crippen molar-refractivity contribution in [1.29, 1.82) is 0 Å². The first-order valence-electron chi connectivity index (χ1n) is 8.73. The van der Waals surface area contributed by atoms with E-state index in [0.717, 1.165) is 43.1 Å². The number of hydrogen-bond acceptors (Lipinski definition) is 3. The lowest BCUT2D eigenvalue weighted by Crippen LogP contribution is -2.38. The van der Waals surface area contributed by atoms with Crippen molar-refractivity contribution in [1.82, 2.24) is 20.8 Å². The Balaban J connectivity index is 0.00000192. The Morgan fingerprint density at radius 1 is 1.39 bits per heavy atom. The molecule has 1 aliphatic heterocycles. The number of carbonyl (C=O) groups is 1. The average molecular weight is 341 g/mol. The minimum atomic E-state index is 0. The van der Waals surface area contributed by atoms with Gasteiger partial charge in [-0.3, -0.25) is 9.89 Å². The van der Waals surface area contributed by atoms with E-state index in [-0.39, 0.29) is 18.3 Å². The quantitative estimate of drug-likeness (QED) is 0.772. The Morgan fingerprint density at radius 3 is 3.00 bits per heavy atom. The molecule has 0 radical (unpaired) electrons. The van der Waals surface area contributed by atoms with E-state index >= 15 is 0 Å². The number of hydrogen-bond donors (Lipinski definition) is 3. The van der Waals surface area contributed by atoms with E-state index in [4.69, 9.17) is 0 Å². The molecule has 130 valence electrons. The molecule has 0 bridgehead atoms. The molecule has 3 N–H and O–H groups in total. The minimum absolute atomic E-state index is 0. The monoisotopic (exact) mass is 340 g/mol. The summed E-state index contributed by atoms with van der Waals surface area (Å²) in [7, 11) is 0. The van der Waals surface area contributed by atoms with Crippen LogP contribution in [-0.4, -0.2) is 28.7 Å². The maximum Gasteiger partial charge on any atom is 0.272 e. The number of fused-ring (bicyclic) bond motifs is 1. The van der Waals surface area contributed by atoms with Crippen molar-refractivity contribution in [2.45, 2.75) is 65.0 Å². The van der Waals surface area contributed by atoms with Crippen molar-refractivity contribution >= 4 is 18.3 Å². The molecule has 5 nitrogen and oxygen atoms in total. The highest BCUT2D eigenvalue weighted by molar-refractivity contribution is 5.94. The Hall–Kier alpha value is -1.07. The zero-order chi connectivity index (χ0) is 15.5. The first-order chi connectivity index (χ1) is 10.6. The highest BCUT2D eigenvalue weighted by Crippen LogP contribution is 2.31. The number of halogens is 1. The molecule has 6 heteroatoms. The fraction of sp³-hybridized carbons (Fsp3) is 0.765. The molecule has 2 heterocycles. The molecule has 2 aliphatic rings. The summed E-state index contributed by atoms with van der Waals surface area (Å²) >= 11 is 0. The van der Waals surface area contributed by atoms with E-state index in [1.165, 1.54) is 25.7 Å². The normalized spacial score (nSPS) is 23.4. The van der Waals surface area contributed by atoms with Crippen LogP contribution >= 0.6 is 12.4 Å². The first kappa shape index (κ1) is 18.3. The van der Waals surface area contributed by atoms with Crippen molar-refractivity contribution in [3.05, 3.63) is 17.0 Å². The van der Waals surface area contributed by atoms with Crippen LogP contribution in [-0.2, 0) is 13.0 Å². The number of aromatic nitrogens is 2. The lowest BCUT2D eigenvalue weighted by molar-refractivity contribution is 0.0919. The van der Waals surface area contributed by atoms with Crippen molar-refractivity contribution in [2.75, 3.05) is 6.54 Å². The lowest BCUT2D eigenvalue weighted by atomic mass is 9.93. The minimum Gasteiger partial charge on any atom is -0.348 e. The fourth-order valence-corrected chi connectivity index (χ4v) is 3.77. The number of rotatable bonds is 5. The molecule has 0 spiro atoms. The van der Waals surface area contributed by atoms with Gasteiger partial charge in [-0.2, -0.15) is 5.10 Å². The van der Waals surface area contributed by atoms with Crippen molar-refractivity contribution in [2.24, 2.45) is 11.8 Å². The van der Waals surface area contributed by atoms with Gasteiger partial charge in [0.15, 0.2) is 5.69 Å². The van der Waals surface area contributed by atoms with Gasteiger partial charge in [-0.25, -0.2) is 0 Å². The lowest BCUT2D eigenvalue weighted by Gasteiger charge is -2.22. The molecular formula is C17H29ClN4O. The smallest absolute Gasteiger partial charge is 0.272 e. The fourth-order valence-electron chi connectivity index (χ4n) is 3.77. The number of nitrogens with one attached hydrogen (secondary N) is 3. The third-order valence-corrected chi connectivity index (χ3v) is 5.11. The molecule has 1 aromatic rings. The molecule has 0 saturated heterocycles. The van der Waals surface area contributed by atoms with Crippen LogP contribution < -0.4 is 10.6 Å². The van der Waals surface area contributed by atoms with Crippen LogP contribution in [0.3, 0.4) is 0 Å². The second-order valence-electron chi connectivity index (χ2n) is 7.20. The summed E-state index contributed by atoms with van der Waals surface area (Å²) in [6, 6.07) is 0.329. The van der Waals surface area contributed by atoms with Crippen LogP contribution in [0.4, 0.5) is 0 Å². The Labute approximate surface area is 144 Å². The van der Waals surface area contributed by atoms with Gasteiger partial charge in [0.05, 0.1) is 0 Å². The van der Waals surface area contributed by atoms with E-state index in [1.54, 1.807) is 0 Å². The largest absolute Gasteiger partial charge is 0.348 e. The molecule has 0 aromatic carbocycles. The van der Waals surface area contributed by atoms with Crippen molar-refractivity contribution in [3.63, 3.8) is 0 Å². The summed E-state index contributed by atoms with van der Waals surface area (Å²) in [6.45, 7) is 6.24. The van der Waals surface area contributed by atoms with Gasteiger partial charge in [-0.15, -0.1) is 12.4 Å². The summed E-state index contributed by atoms with van der Waals surface area (Å²) in [6.07, 6.45) is 6.99. The first-order valence-corrected chi connectivity index (χ1v) is 8.73. The van der Waals surface area contributed by atoms with Crippen molar-refractivity contribution < 1.29 is 4.79 Å². The second kappa shape index (κ2) is 8.15. The van der Waals surface area contributed by atoms with Crippen molar-refractivity contribution in [3.8, 4) is 0 Å². The standard InChI is InChI=1S/C17H28N4O.ClH/c1-11(2)6-7-12-4-3-5-14(12)19-17(22)16-13-10-18-9-8-15(13)20-21-16;/h11-12,14,18H,3-10H2,1-2H3,(H,19,22)(H,20,21);1H. The van der Waals surface area contributed by atoms with Crippen LogP contribution in [0.15, 0.2) is 0 Å². The van der Waals surface area contributed by atoms with Gasteiger partial charge < -0.3 is 10.6 Å². The van der Waals surface area contributed by atoms with E-state index < -0.39 is 0 Å². The Morgan fingerprint density at radius 2 is 2.22 bits per heavy atom.